The number of phenols is 1. The van der Waals surface area contributed by atoms with Crippen molar-refractivity contribution in [3.05, 3.63) is 40.9 Å². The van der Waals surface area contributed by atoms with Crippen molar-refractivity contribution in [2.45, 2.75) is 13.3 Å². The average Bonchev–Trinajstić information content (AvgIpc) is 2.93. The summed E-state index contributed by atoms with van der Waals surface area (Å²) in [4.78, 5) is 15.9. The molecular formula is C16H13BrN2O3. The summed E-state index contributed by atoms with van der Waals surface area (Å²) in [5.41, 5.74) is 2.73. The van der Waals surface area contributed by atoms with Crippen LogP contribution in [0.4, 0.5) is 5.69 Å². The highest BCUT2D eigenvalue weighted by molar-refractivity contribution is 9.10. The lowest BCUT2D eigenvalue weighted by molar-refractivity contribution is -0.115. The molecule has 0 aliphatic heterocycles. The Kier molecular flexibility index (Phi) is 3.85. The average molecular weight is 361 g/mol. The molecule has 0 fully saturated rings. The number of rotatable bonds is 3. The fourth-order valence-electron chi connectivity index (χ4n) is 2.02. The van der Waals surface area contributed by atoms with E-state index in [1.807, 2.05) is 0 Å². The van der Waals surface area contributed by atoms with E-state index >= 15 is 0 Å². The Morgan fingerprint density at radius 1 is 1.32 bits per heavy atom. The number of fused-ring (bicyclic) bond motifs is 1. The predicted octanol–water partition coefficient (Wildman–Crippen LogP) is 4.31. The van der Waals surface area contributed by atoms with Gasteiger partial charge in [-0.2, -0.15) is 0 Å². The maximum atomic E-state index is 11.4. The number of anilines is 1. The van der Waals surface area contributed by atoms with E-state index in [0.717, 1.165) is 5.56 Å². The van der Waals surface area contributed by atoms with Crippen molar-refractivity contribution in [2.24, 2.45) is 0 Å². The van der Waals surface area contributed by atoms with Gasteiger partial charge in [0.25, 0.3) is 0 Å². The highest BCUT2D eigenvalue weighted by Gasteiger charge is 2.11. The summed E-state index contributed by atoms with van der Waals surface area (Å²) in [5.74, 6) is 0.560. The first-order valence-electron chi connectivity index (χ1n) is 6.76. The minimum Gasteiger partial charge on any atom is -0.507 e. The number of hydrogen-bond donors (Lipinski definition) is 2. The summed E-state index contributed by atoms with van der Waals surface area (Å²) in [6.07, 6.45) is 0.420. The Hall–Kier alpha value is -2.34. The molecule has 1 heterocycles. The lowest BCUT2D eigenvalue weighted by atomic mass is 10.2. The topological polar surface area (TPSA) is 75.4 Å². The molecule has 22 heavy (non-hydrogen) atoms. The monoisotopic (exact) mass is 360 g/mol. The number of carbonyl (C=O) groups excluding carboxylic acids is 1. The summed E-state index contributed by atoms with van der Waals surface area (Å²) >= 11 is 3.27. The second kappa shape index (κ2) is 5.81. The summed E-state index contributed by atoms with van der Waals surface area (Å²) in [6, 6.07) is 10.3. The first kappa shape index (κ1) is 14.6. The number of phenolic OH excluding ortho intramolecular Hbond substituents is 1. The van der Waals surface area contributed by atoms with Gasteiger partial charge in [-0.05, 0) is 52.3 Å². The number of halogens is 1. The maximum Gasteiger partial charge on any atom is 0.227 e. The molecule has 5 nitrogen and oxygen atoms in total. The first-order chi connectivity index (χ1) is 10.6. The van der Waals surface area contributed by atoms with Gasteiger partial charge in [-0.25, -0.2) is 4.98 Å². The molecule has 0 spiro atoms. The van der Waals surface area contributed by atoms with Crippen molar-refractivity contribution >= 4 is 38.6 Å². The largest absolute Gasteiger partial charge is 0.507 e. The first-order valence-corrected chi connectivity index (χ1v) is 7.55. The summed E-state index contributed by atoms with van der Waals surface area (Å²) in [7, 11) is 0. The van der Waals surface area contributed by atoms with Gasteiger partial charge in [-0.1, -0.05) is 6.92 Å². The van der Waals surface area contributed by atoms with E-state index < -0.39 is 0 Å². The van der Waals surface area contributed by atoms with Crippen LogP contribution in [0.5, 0.6) is 5.75 Å². The minimum absolute atomic E-state index is 0.0504. The van der Waals surface area contributed by atoms with Crippen LogP contribution in [0, 0.1) is 0 Å². The van der Waals surface area contributed by atoms with Crippen LogP contribution in [-0.4, -0.2) is 16.0 Å². The molecule has 0 aliphatic rings. The van der Waals surface area contributed by atoms with Crippen molar-refractivity contribution in [2.75, 3.05) is 5.32 Å². The van der Waals surface area contributed by atoms with Crippen molar-refractivity contribution < 1.29 is 14.3 Å². The Bertz CT molecular complexity index is 858. The third kappa shape index (κ3) is 2.82. The second-order valence-electron chi connectivity index (χ2n) is 4.77. The van der Waals surface area contributed by atoms with E-state index in [-0.39, 0.29) is 11.7 Å². The highest BCUT2D eigenvalue weighted by Crippen LogP contribution is 2.31. The van der Waals surface area contributed by atoms with E-state index in [9.17, 15) is 9.90 Å². The zero-order valence-electron chi connectivity index (χ0n) is 11.8. The van der Waals surface area contributed by atoms with Gasteiger partial charge in [0.1, 0.15) is 11.3 Å². The smallest absolute Gasteiger partial charge is 0.227 e. The van der Waals surface area contributed by atoms with E-state index in [0.29, 0.717) is 33.6 Å². The fraction of sp³-hybridized carbons (Fsp3) is 0.125. The fourth-order valence-corrected chi connectivity index (χ4v) is 2.40. The van der Waals surface area contributed by atoms with Crippen LogP contribution in [0.15, 0.2) is 45.3 Å². The van der Waals surface area contributed by atoms with Crippen LogP contribution >= 0.6 is 15.9 Å². The Balaban J connectivity index is 1.98. The number of hydrogen-bond acceptors (Lipinski definition) is 4. The molecule has 0 saturated heterocycles. The number of benzene rings is 2. The summed E-state index contributed by atoms with van der Waals surface area (Å²) in [5, 5.41) is 12.3. The Morgan fingerprint density at radius 2 is 2.14 bits per heavy atom. The lowest BCUT2D eigenvalue weighted by Crippen LogP contribution is -2.08. The number of oxazole rings is 1. The van der Waals surface area contributed by atoms with Gasteiger partial charge in [0, 0.05) is 17.7 Å². The van der Waals surface area contributed by atoms with Crippen LogP contribution in [0.2, 0.25) is 0 Å². The minimum atomic E-state index is -0.0504. The molecule has 2 aromatic carbocycles. The maximum absolute atomic E-state index is 11.4. The molecular weight excluding hydrogens is 348 g/mol. The molecule has 0 aliphatic carbocycles. The van der Waals surface area contributed by atoms with Gasteiger partial charge in [0.2, 0.25) is 11.8 Å². The molecule has 0 atom stereocenters. The number of carbonyl (C=O) groups is 1. The predicted molar refractivity (Wildman–Crippen MR) is 87.7 cm³/mol. The van der Waals surface area contributed by atoms with E-state index in [2.05, 4.69) is 26.2 Å². The second-order valence-corrected chi connectivity index (χ2v) is 5.62. The molecule has 3 aromatic rings. The molecule has 3 rings (SSSR count). The van der Waals surface area contributed by atoms with Gasteiger partial charge in [0.05, 0.1) is 4.47 Å². The van der Waals surface area contributed by atoms with Crippen LogP contribution < -0.4 is 5.32 Å². The summed E-state index contributed by atoms with van der Waals surface area (Å²) in [6.45, 7) is 1.80. The lowest BCUT2D eigenvalue weighted by Gasteiger charge is -2.01. The highest BCUT2D eigenvalue weighted by atomic mass is 79.9. The zero-order chi connectivity index (χ0) is 15.7. The molecule has 0 bridgehead atoms. The van der Waals surface area contributed by atoms with Crippen LogP contribution in [-0.2, 0) is 4.79 Å². The molecule has 112 valence electrons. The van der Waals surface area contributed by atoms with Gasteiger partial charge < -0.3 is 14.8 Å². The van der Waals surface area contributed by atoms with Gasteiger partial charge in [-0.15, -0.1) is 0 Å². The third-order valence-electron chi connectivity index (χ3n) is 3.19. The quantitative estimate of drug-likeness (QED) is 0.729. The van der Waals surface area contributed by atoms with E-state index in [1.54, 1.807) is 43.3 Å². The standard InChI is InChI=1S/C16H13BrN2O3/c1-2-15(21)18-10-4-6-14-12(8-10)19-16(22-14)9-3-5-13(20)11(17)7-9/h3-8,20H,2H2,1H3,(H,18,21). The van der Waals surface area contributed by atoms with E-state index in [1.165, 1.54) is 0 Å². The molecule has 0 unspecified atom stereocenters. The van der Waals surface area contributed by atoms with Crippen molar-refractivity contribution in [3.63, 3.8) is 0 Å². The van der Waals surface area contributed by atoms with Gasteiger partial charge in [0.15, 0.2) is 5.58 Å². The Morgan fingerprint density at radius 3 is 2.86 bits per heavy atom. The third-order valence-corrected chi connectivity index (χ3v) is 3.82. The molecule has 1 aromatic heterocycles. The normalized spacial score (nSPS) is 10.8. The van der Waals surface area contributed by atoms with Crippen LogP contribution in [0.3, 0.4) is 0 Å². The van der Waals surface area contributed by atoms with Crippen molar-refractivity contribution in [1.82, 2.24) is 4.98 Å². The van der Waals surface area contributed by atoms with Gasteiger partial charge in [-0.3, -0.25) is 4.79 Å². The van der Waals surface area contributed by atoms with Gasteiger partial charge >= 0.3 is 0 Å². The zero-order valence-corrected chi connectivity index (χ0v) is 13.3. The number of aromatic nitrogens is 1. The number of nitrogens with one attached hydrogen (secondary N) is 1. The number of aromatic hydroxyl groups is 1. The molecule has 0 saturated carbocycles. The SMILES string of the molecule is CCC(=O)Nc1ccc2oc(-c3ccc(O)c(Br)c3)nc2c1. The molecule has 1 amide bonds. The molecule has 2 N–H and O–H groups in total. The number of amides is 1. The van der Waals surface area contributed by atoms with E-state index in [4.69, 9.17) is 4.42 Å². The van der Waals surface area contributed by atoms with Crippen molar-refractivity contribution in [3.8, 4) is 17.2 Å². The van der Waals surface area contributed by atoms with Crippen molar-refractivity contribution in [1.29, 1.82) is 0 Å². The molecule has 6 heteroatoms. The number of nitrogens with zero attached hydrogens (tertiary/aromatic N) is 1. The Labute approximate surface area is 135 Å². The van der Waals surface area contributed by atoms with Crippen LogP contribution in [0.25, 0.3) is 22.6 Å². The summed E-state index contributed by atoms with van der Waals surface area (Å²) < 4.78 is 6.28. The molecule has 0 radical (unpaired) electrons. The van der Waals surface area contributed by atoms with Crippen LogP contribution in [0.1, 0.15) is 13.3 Å².